The molecular formula is C19H19N3O6. The summed E-state index contributed by atoms with van der Waals surface area (Å²) < 4.78 is 7.16. The first-order valence-electron chi connectivity index (χ1n) is 8.58. The highest BCUT2D eigenvalue weighted by molar-refractivity contribution is 5.47. The van der Waals surface area contributed by atoms with Crippen LogP contribution in [0.3, 0.4) is 0 Å². The number of aliphatic hydroxyl groups is 1. The third kappa shape index (κ3) is 3.42. The lowest BCUT2D eigenvalue weighted by Crippen LogP contribution is -2.52. The van der Waals surface area contributed by atoms with Crippen molar-refractivity contribution in [2.75, 3.05) is 0 Å². The number of hydrogen-bond donors (Lipinski definition) is 1. The van der Waals surface area contributed by atoms with Gasteiger partial charge in [-0.05, 0) is 50.6 Å². The van der Waals surface area contributed by atoms with E-state index < -0.39 is 34.5 Å². The van der Waals surface area contributed by atoms with Gasteiger partial charge in [0.05, 0.1) is 17.7 Å². The molecule has 0 bridgehead atoms. The summed E-state index contributed by atoms with van der Waals surface area (Å²) >= 11 is 0. The number of aliphatic hydroxyl groups excluding tert-OH is 1. The average molecular weight is 385 g/mol. The molecule has 0 radical (unpaired) electrons. The zero-order valence-corrected chi connectivity index (χ0v) is 15.5. The Kier molecular flexibility index (Phi) is 4.83. The largest absolute Gasteiger partial charge is 0.485 e. The van der Waals surface area contributed by atoms with Crippen LogP contribution < -0.4 is 10.3 Å². The maximum absolute atomic E-state index is 12.6. The number of hydrogen-bond acceptors (Lipinski definition) is 7. The number of aromatic nitrogens is 1. The summed E-state index contributed by atoms with van der Waals surface area (Å²) in [7, 11) is 0. The Hall–Kier alpha value is -3.38. The summed E-state index contributed by atoms with van der Waals surface area (Å²) in [4.78, 5) is 27.8. The minimum atomic E-state index is -1.12. The summed E-state index contributed by atoms with van der Waals surface area (Å²) in [6.45, 7) is 4.87. The lowest BCUT2D eigenvalue weighted by atomic mass is 9.85. The van der Waals surface area contributed by atoms with E-state index in [4.69, 9.17) is 4.74 Å². The van der Waals surface area contributed by atoms with Gasteiger partial charge in [0.1, 0.15) is 23.6 Å². The van der Waals surface area contributed by atoms with Crippen molar-refractivity contribution in [2.45, 2.75) is 44.6 Å². The molecule has 1 aliphatic rings. The summed E-state index contributed by atoms with van der Waals surface area (Å²) in [6, 6.07) is 8.67. The Bertz CT molecular complexity index is 1020. The van der Waals surface area contributed by atoms with E-state index in [-0.39, 0.29) is 0 Å². The number of fused-ring (bicyclic) bond motifs is 1. The summed E-state index contributed by atoms with van der Waals surface area (Å²) in [6.07, 6.45) is -0.598. The molecule has 0 fully saturated rings. The normalized spacial score (nSPS) is 21.0. The van der Waals surface area contributed by atoms with Crippen LogP contribution >= 0.6 is 0 Å². The van der Waals surface area contributed by atoms with Crippen LogP contribution in [-0.2, 0) is 4.84 Å². The van der Waals surface area contributed by atoms with Gasteiger partial charge >= 0.3 is 0 Å². The Morgan fingerprint density at radius 2 is 2.11 bits per heavy atom. The van der Waals surface area contributed by atoms with Gasteiger partial charge in [0, 0.05) is 17.8 Å². The molecule has 3 atom stereocenters. The van der Waals surface area contributed by atoms with Gasteiger partial charge < -0.3 is 19.2 Å². The van der Waals surface area contributed by atoms with Gasteiger partial charge in [-0.3, -0.25) is 4.79 Å². The van der Waals surface area contributed by atoms with Crippen molar-refractivity contribution < 1.29 is 19.8 Å². The third-order valence-corrected chi connectivity index (χ3v) is 4.82. The SMILES string of the molecule is CC(O[N+](=O)[O-])c1ccc(=O)n([C@@H]2c3cc(C#N)ccc3OC(C)(C)[C@H]2O)c1. The van der Waals surface area contributed by atoms with E-state index in [1.54, 1.807) is 32.0 Å². The average Bonchev–Trinajstić information content (AvgIpc) is 2.62. The van der Waals surface area contributed by atoms with Crippen LogP contribution in [0, 0.1) is 21.4 Å². The van der Waals surface area contributed by atoms with Crippen LogP contribution in [0.25, 0.3) is 0 Å². The summed E-state index contributed by atoms with van der Waals surface area (Å²) in [5.74, 6) is 0.450. The number of nitrogens with zero attached hydrogens (tertiary/aromatic N) is 3. The Morgan fingerprint density at radius 3 is 2.75 bits per heavy atom. The van der Waals surface area contributed by atoms with Crippen LogP contribution in [-0.4, -0.2) is 26.5 Å². The first kappa shape index (κ1) is 19.4. The fourth-order valence-electron chi connectivity index (χ4n) is 3.31. The number of benzene rings is 1. The van der Waals surface area contributed by atoms with Gasteiger partial charge in [-0.25, -0.2) is 0 Å². The first-order valence-corrected chi connectivity index (χ1v) is 8.58. The highest BCUT2D eigenvalue weighted by Crippen LogP contribution is 2.42. The molecule has 1 aromatic heterocycles. The molecule has 1 N–H and O–H groups in total. The van der Waals surface area contributed by atoms with Gasteiger partial charge in [-0.15, -0.1) is 10.1 Å². The molecule has 9 nitrogen and oxygen atoms in total. The molecule has 1 aliphatic heterocycles. The van der Waals surface area contributed by atoms with E-state index in [0.29, 0.717) is 22.4 Å². The van der Waals surface area contributed by atoms with Crippen molar-refractivity contribution in [2.24, 2.45) is 0 Å². The van der Waals surface area contributed by atoms with Crippen molar-refractivity contribution in [1.29, 1.82) is 5.26 Å². The lowest BCUT2D eigenvalue weighted by Gasteiger charge is -2.42. The first-order chi connectivity index (χ1) is 13.1. The molecule has 1 aromatic carbocycles. The predicted octanol–water partition coefficient (Wildman–Crippen LogP) is 2.11. The van der Waals surface area contributed by atoms with Crippen LogP contribution in [0.2, 0.25) is 0 Å². The van der Waals surface area contributed by atoms with E-state index in [1.807, 2.05) is 6.07 Å². The second kappa shape index (κ2) is 6.98. The van der Waals surface area contributed by atoms with Gasteiger partial charge in [0.2, 0.25) is 0 Å². The Balaban J connectivity index is 2.18. The van der Waals surface area contributed by atoms with Crippen molar-refractivity contribution >= 4 is 0 Å². The van der Waals surface area contributed by atoms with Gasteiger partial charge in [-0.2, -0.15) is 5.26 Å². The van der Waals surface area contributed by atoms with E-state index in [1.165, 1.54) is 29.8 Å². The van der Waals surface area contributed by atoms with E-state index in [2.05, 4.69) is 4.84 Å². The second-order valence-corrected chi connectivity index (χ2v) is 7.14. The van der Waals surface area contributed by atoms with Gasteiger partial charge in [0.25, 0.3) is 10.6 Å². The highest BCUT2D eigenvalue weighted by Gasteiger charge is 2.44. The third-order valence-electron chi connectivity index (χ3n) is 4.82. The second-order valence-electron chi connectivity index (χ2n) is 7.14. The highest BCUT2D eigenvalue weighted by atomic mass is 17.0. The molecule has 0 aliphatic carbocycles. The fourth-order valence-corrected chi connectivity index (χ4v) is 3.31. The van der Waals surface area contributed by atoms with Crippen molar-refractivity contribution in [3.05, 3.63) is 73.7 Å². The van der Waals surface area contributed by atoms with Crippen molar-refractivity contribution in [1.82, 2.24) is 4.57 Å². The Labute approximate surface area is 160 Å². The molecule has 0 amide bonds. The maximum Gasteiger partial charge on any atom is 0.295 e. The number of ether oxygens (including phenoxy) is 1. The van der Waals surface area contributed by atoms with E-state index >= 15 is 0 Å². The molecule has 2 aromatic rings. The smallest absolute Gasteiger partial charge is 0.295 e. The Morgan fingerprint density at radius 1 is 1.39 bits per heavy atom. The molecule has 3 rings (SSSR count). The number of rotatable bonds is 4. The molecule has 9 heteroatoms. The van der Waals surface area contributed by atoms with E-state index in [0.717, 1.165) is 0 Å². The quantitative estimate of drug-likeness (QED) is 0.630. The topological polar surface area (TPSA) is 128 Å². The molecule has 2 heterocycles. The summed E-state index contributed by atoms with van der Waals surface area (Å²) in [5.41, 5.74) is -0.191. The molecule has 1 unspecified atom stereocenters. The number of pyridine rings is 1. The van der Waals surface area contributed by atoms with Crippen LogP contribution in [0.5, 0.6) is 5.75 Å². The van der Waals surface area contributed by atoms with Crippen LogP contribution in [0.15, 0.2) is 41.3 Å². The van der Waals surface area contributed by atoms with Gasteiger partial charge in [0.15, 0.2) is 0 Å². The van der Waals surface area contributed by atoms with Crippen molar-refractivity contribution in [3.63, 3.8) is 0 Å². The predicted molar refractivity (Wildman–Crippen MR) is 97.2 cm³/mol. The monoisotopic (exact) mass is 385 g/mol. The zero-order valence-electron chi connectivity index (χ0n) is 15.5. The van der Waals surface area contributed by atoms with E-state index in [9.17, 15) is 25.3 Å². The fraction of sp³-hybridized carbons (Fsp3) is 0.368. The minimum Gasteiger partial charge on any atom is -0.485 e. The molecule has 0 spiro atoms. The van der Waals surface area contributed by atoms with Crippen molar-refractivity contribution in [3.8, 4) is 11.8 Å². The minimum absolute atomic E-state index is 0.355. The standard InChI is InChI=1S/C19H19N3O6/c1-11(28-22(25)26)13-5-7-16(23)21(10-13)17-14-8-12(9-20)4-6-15(14)27-19(2,3)18(17)24/h4-8,10-11,17-18,24H,1-3H3/t11?,17-,18+/m1/s1. The summed E-state index contributed by atoms with van der Waals surface area (Å²) in [5, 5.41) is 29.9. The molecule has 28 heavy (non-hydrogen) atoms. The lowest BCUT2D eigenvalue weighted by molar-refractivity contribution is -0.770. The molecular weight excluding hydrogens is 366 g/mol. The molecule has 0 saturated carbocycles. The van der Waals surface area contributed by atoms with Crippen LogP contribution in [0.4, 0.5) is 0 Å². The maximum atomic E-state index is 12.6. The van der Waals surface area contributed by atoms with Crippen LogP contribution in [0.1, 0.15) is 49.6 Å². The zero-order chi connectivity index (χ0) is 20.6. The molecule has 146 valence electrons. The molecule has 0 saturated heterocycles. The number of nitriles is 1. The van der Waals surface area contributed by atoms with Gasteiger partial charge in [-0.1, -0.05) is 0 Å².